The van der Waals surface area contributed by atoms with Crippen LogP contribution >= 0.6 is 0 Å². The molecule has 0 amide bonds. The molecule has 14 heavy (non-hydrogen) atoms. The number of hydrazine groups is 1. The lowest BCUT2D eigenvalue weighted by Crippen LogP contribution is -2.50. The molecule has 3 N–H and O–H groups in total. The third kappa shape index (κ3) is 2.94. The minimum Gasteiger partial charge on any atom is -0.380 e. The molecule has 0 radical (unpaired) electrons. The summed E-state index contributed by atoms with van der Waals surface area (Å²) >= 11 is 0. The van der Waals surface area contributed by atoms with Gasteiger partial charge in [-0.2, -0.15) is 0 Å². The maximum Gasteiger partial charge on any atom is 0.0638 e. The molecular weight excluding hydrogens is 176 g/mol. The van der Waals surface area contributed by atoms with Gasteiger partial charge in [0.25, 0.3) is 0 Å². The number of rotatable bonds is 5. The predicted molar refractivity (Wildman–Crippen MR) is 58.8 cm³/mol. The molecule has 0 aromatic carbocycles. The Hall–Kier alpha value is -0.120. The first-order valence-corrected chi connectivity index (χ1v) is 5.77. The van der Waals surface area contributed by atoms with E-state index in [0.29, 0.717) is 11.5 Å². The van der Waals surface area contributed by atoms with E-state index in [1.54, 1.807) is 0 Å². The van der Waals surface area contributed by atoms with Crippen molar-refractivity contribution in [3.8, 4) is 0 Å². The minimum atomic E-state index is 0.308. The van der Waals surface area contributed by atoms with Gasteiger partial charge in [-0.1, -0.05) is 26.2 Å². The second-order valence-corrected chi connectivity index (χ2v) is 4.59. The maximum atomic E-state index is 5.60. The Morgan fingerprint density at radius 2 is 2.00 bits per heavy atom. The lowest BCUT2D eigenvalue weighted by atomic mass is 9.71. The van der Waals surface area contributed by atoms with Gasteiger partial charge in [0.1, 0.15) is 0 Å². The number of nitrogens with two attached hydrogens (primary N) is 1. The van der Waals surface area contributed by atoms with E-state index in [1.807, 2.05) is 6.92 Å². The Kier molecular flexibility index (Phi) is 4.85. The largest absolute Gasteiger partial charge is 0.380 e. The van der Waals surface area contributed by atoms with Crippen LogP contribution in [0.5, 0.6) is 0 Å². The standard InChI is InChI=1S/C11H24N2O/c1-3-14-9-10(13-12)11(2)7-5-4-6-8-11/h10,13H,3-9,12H2,1-2H3. The van der Waals surface area contributed by atoms with Gasteiger partial charge in [0, 0.05) is 12.6 Å². The molecule has 1 atom stereocenters. The van der Waals surface area contributed by atoms with Crippen LogP contribution in [-0.2, 0) is 4.74 Å². The first-order valence-electron chi connectivity index (χ1n) is 5.77. The summed E-state index contributed by atoms with van der Waals surface area (Å²) in [7, 11) is 0. The molecule has 0 spiro atoms. The summed E-state index contributed by atoms with van der Waals surface area (Å²) in [5.74, 6) is 5.60. The van der Waals surface area contributed by atoms with Gasteiger partial charge in [0.05, 0.1) is 6.61 Å². The SMILES string of the molecule is CCOCC(NN)C1(C)CCCCC1. The molecule has 0 saturated heterocycles. The van der Waals surface area contributed by atoms with Crippen molar-refractivity contribution >= 4 is 0 Å². The molecule has 0 bridgehead atoms. The molecule has 0 aromatic rings. The first kappa shape index (κ1) is 12.0. The first-order chi connectivity index (χ1) is 6.73. The molecule has 1 aliphatic carbocycles. The van der Waals surface area contributed by atoms with Crippen LogP contribution < -0.4 is 11.3 Å². The Bertz CT molecular complexity index is 155. The summed E-state index contributed by atoms with van der Waals surface area (Å²) in [4.78, 5) is 0. The molecule has 1 saturated carbocycles. The van der Waals surface area contributed by atoms with Crippen molar-refractivity contribution in [2.45, 2.75) is 52.0 Å². The van der Waals surface area contributed by atoms with Gasteiger partial charge in [-0.25, -0.2) is 0 Å². The highest BCUT2D eigenvalue weighted by atomic mass is 16.5. The van der Waals surface area contributed by atoms with Crippen LogP contribution in [0, 0.1) is 5.41 Å². The lowest BCUT2D eigenvalue weighted by molar-refractivity contribution is 0.0502. The summed E-state index contributed by atoms with van der Waals surface area (Å²) in [6.45, 7) is 5.87. The molecular formula is C11H24N2O. The molecule has 84 valence electrons. The Labute approximate surface area is 87.4 Å². The zero-order valence-electron chi connectivity index (χ0n) is 9.51. The molecule has 1 fully saturated rings. The van der Waals surface area contributed by atoms with E-state index >= 15 is 0 Å². The van der Waals surface area contributed by atoms with Crippen molar-refractivity contribution < 1.29 is 4.74 Å². The van der Waals surface area contributed by atoms with E-state index < -0.39 is 0 Å². The normalized spacial score (nSPS) is 23.4. The zero-order valence-corrected chi connectivity index (χ0v) is 9.51. The number of hydrogen-bond donors (Lipinski definition) is 2. The van der Waals surface area contributed by atoms with Gasteiger partial charge in [-0.3, -0.25) is 11.3 Å². The van der Waals surface area contributed by atoms with Gasteiger partial charge < -0.3 is 4.74 Å². The van der Waals surface area contributed by atoms with E-state index in [0.717, 1.165) is 13.2 Å². The molecule has 1 unspecified atom stereocenters. The van der Waals surface area contributed by atoms with Crippen LogP contribution in [0.25, 0.3) is 0 Å². The van der Waals surface area contributed by atoms with Gasteiger partial charge in [-0.05, 0) is 25.2 Å². The van der Waals surface area contributed by atoms with Crippen molar-refractivity contribution in [2.75, 3.05) is 13.2 Å². The fourth-order valence-corrected chi connectivity index (χ4v) is 2.39. The van der Waals surface area contributed by atoms with Crippen LogP contribution in [0.1, 0.15) is 46.0 Å². The van der Waals surface area contributed by atoms with E-state index in [4.69, 9.17) is 10.6 Å². The smallest absolute Gasteiger partial charge is 0.0638 e. The quantitative estimate of drug-likeness (QED) is 0.526. The summed E-state index contributed by atoms with van der Waals surface area (Å²) in [6.07, 6.45) is 6.59. The van der Waals surface area contributed by atoms with Gasteiger partial charge in [-0.15, -0.1) is 0 Å². The highest BCUT2D eigenvalue weighted by Gasteiger charge is 2.34. The second kappa shape index (κ2) is 5.69. The third-order valence-electron chi connectivity index (χ3n) is 3.53. The van der Waals surface area contributed by atoms with Crippen LogP contribution in [0.2, 0.25) is 0 Å². The highest BCUT2D eigenvalue weighted by Crippen LogP contribution is 2.38. The topological polar surface area (TPSA) is 47.3 Å². The summed E-state index contributed by atoms with van der Waals surface area (Å²) in [5.41, 5.74) is 3.26. The van der Waals surface area contributed by atoms with E-state index in [-0.39, 0.29) is 0 Å². The fourth-order valence-electron chi connectivity index (χ4n) is 2.39. The monoisotopic (exact) mass is 200 g/mol. The predicted octanol–water partition coefficient (Wildman–Crippen LogP) is 1.83. The third-order valence-corrected chi connectivity index (χ3v) is 3.53. The average molecular weight is 200 g/mol. The van der Waals surface area contributed by atoms with Crippen LogP contribution in [0.4, 0.5) is 0 Å². The number of hydrogen-bond acceptors (Lipinski definition) is 3. The van der Waals surface area contributed by atoms with Crippen molar-refractivity contribution in [2.24, 2.45) is 11.3 Å². The van der Waals surface area contributed by atoms with E-state index in [2.05, 4.69) is 12.3 Å². The number of nitrogens with one attached hydrogen (secondary N) is 1. The fraction of sp³-hybridized carbons (Fsp3) is 1.00. The average Bonchev–Trinajstić information content (AvgIpc) is 2.20. The molecule has 3 nitrogen and oxygen atoms in total. The molecule has 1 aliphatic rings. The van der Waals surface area contributed by atoms with Crippen molar-refractivity contribution in [3.63, 3.8) is 0 Å². The Balaban J connectivity index is 2.47. The van der Waals surface area contributed by atoms with E-state index in [9.17, 15) is 0 Å². The van der Waals surface area contributed by atoms with Gasteiger partial charge >= 0.3 is 0 Å². The Morgan fingerprint density at radius 3 is 2.50 bits per heavy atom. The molecule has 0 aromatic heterocycles. The van der Waals surface area contributed by atoms with E-state index in [1.165, 1.54) is 32.1 Å². The van der Waals surface area contributed by atoms with Gasteiger partial charge in [0.2, 0.25) is 0 Å². The maximum absolute atomic E-state index is 5.60. The van der Waals surface area contributed by atoms with Crippen LogP contribution in [0.15, 0.2) is 0 Å². The van der Waals surface area contributed by atoms with Crippen LogP contribution in [-0.4, -0.2) is 19.3 Å². The van der Waals surface area contributed by atoms with Crippen molar-refractivity contribution in [1.29, 1.82) is 0 Å². The highest BCUT2D eigenvalue weighted by molar-refractivity contribution is 4.88. The summed E-state index contributed by atoms with van der Waals surface area (Å²) in [5, 5.41) is 0. The number of ether oxygens (including phenoxy) is 1. The van der Waals surface area contributed by atoms with Gasteiger partial charge in [0.15, 0.2) is 0 Å². The molecule has 0 aliphatic heterocycles. The summed E-state index contributed by atoms with van der Waals surface area (Å²) < 4.78 is 5.46. The molecule has 0 heterocycles. The minimum absolute atomic E-state index is 0.308. The Morgan fingerprint density at radius 1 is 1.36 bits per heavy atom. The zero-order chi connectivity index (χ0) is 10.4. The molecule has 1 rings (SSSR count). The van der Waals surface area contributed by atoms with Crippen LogP contribution in [0.3, 0.4) is 0 Å². The lowest BCUT2D eigenvalue weighted by Gasteiger charge is -2.40. The summed E-state index contributed by atoms with van der Waals surface area (Å²) in [6, 6.07) is 0.308. The van der Waals surface area contributed by atoms with Crippen molar-refractivity contribution in [1.82, 2.24) is 5.43 Å². The van der Waals surface area contributed by atoms with Crippen molar-refractivity contribution in [3.05, 3.63) is 0 Å². The second-order valence-electron chi connectivity index (χ2n) is 4.59. The molecule has 3 heteroatoms.